The number of amides is 1. The highest BCUT2D eigenvalue weighted by Crippen LogP contribution is 2.31. The van der Waals surface area contributed by atoms with Gasteiger partial charge in [0, 0.05) is 22.7 Å². The molecular weight excluding hydrogens is 377 g/mol. The Morgan fingerprint density at radius 3 is 3.12 bits per heavy atom. The Morgan fingerprint density at radius 1 is 1.38 bits per heavy atom. The van der Waals surface area contributed by atoms with E-state index >= 15 is 0 Å². The van der Waals surface area contributed by atoms with E-state index in [1.165, 1.54) is 29.8 Å². The zero-order valence-corrected chi connectivity index (χ0v) is 15.2. The maximum atomic E-state index is 13.6. The fourth-order valence-corrected chi connectivity index (χ4v) is 4.21. The molecule has 0 aliphatic heterocycles. The third-order valence-electron chi connectivity index (χ3n) is 4.25. The fourth-order valence-electron chi connectivity index (χ4n) is 3.04. The van der Waals surface area contributed by atoms with E-state index in [0.29, 0.717) is 21.9 Å². The van der Waals surface area contributed by atoms with E-state index in [1.54, 1.807) is 6.07 Å². The van der Waals surface area contributed by atoms with E-state index in [4.69, 9.17) is 11.6 Å². The van der Waals surface area contributed by atoms with Crippen LogP contribution in [0.5, 0.6) is 0 Å². The number of nitrogens with one attached hydrogen (secondary N) is 2. The molecule has 0 saturated heterocycles. The second-order valence-corrected chi connectivity index (χ2v) is 7.39. The van der Waals surface area contributed by atoms with Gasteiger partial charge in [0.05, 0.1) is 11.2 Å². The van der Waals surface area contributed by atoms with Gasteiger partial charge in [-0.15, -0.1) is 22.9 Å². The molecule has 0 saturated carbocycles. The van der Waals surface area contributed by atoms with E-state index in [-0.39, 0.29) is 23.6 Å². The Bertz CT molecular complexity index is 979. The second-order valence-electron chi connectivity index (χ2n) is 6.04. The molecule has 0 bridgehead atoms. The molecule has 4 rings (SSSR count). The van der Waals surface area contributed by atoms with Crippen LogP contribution in [0.15, 0.2) is 24.5 Å². The van der Waals surface area contributed by atoms with Gasteiger partial charge in [0.25, 0.3) is 0 Å². The van der Waals surface area contributed by atoms with Crippen molar-refractivity contribution in [2.45, 2.75) is 25.3 Å². The maximum Gasteiger partial charge on any atom is 0.241 e. The molecule has 6 nitrogen and oxygen atoms in total. The van der Waals surface area contributed by atoms with Crippen molar-refractivity contribution in [3.63, 3.8) is 0 Å². The predicted octanol–water partition coefficient (Wildman–Crippen LogP) is 3.37. The summed E-state index contributed by atoms with van der Waals surface area (Å²) in [7, 11) is 0. The molecule has 2 heterocycles. The molecule has 0 radical (unpaired) electrons. The van der Waals surface area contributed by atoms with Gasteiger partial charge in [-0.05, 0) is 31.0 Å². The van der Waals surface area contributed by atoms with Gasteiger partial charge in [-0.3, -0.25) is 4.79 Å². The highest BCUT2D eigenvalue weighted by Gasteiger charge is 2.24. The lowest BCUT2D eigenvalue weighted by molar-refractivity contribution is -0.113. The molecule has 1 amide bonds. The lowest BCUT2D eigenvalue weighted by Crippen LogP contribution is -2.27. The largest absolute Gasteiger partial charge is 0.366 e. The quantitative estimate of drug-likeness (QED) is 0.666. The van der Waals surface area contributed by atoms with Crippen LogP contribution in [0.25, 0.3) is 10.9 Å². The number of halogens is 2. The van der Waals surface area contributed by atoms with Gasteiger partial charge in [0.15, 0.2) is 5.13 Å². The number of thiazole rings is 1. The van der Waals surface area contributed by atoms with Crippen molar-refractivity contribution in [3.05, 3.63) is 40.9 Å². The molecule has 9 heteroatoms. The van der Waals surface area contributed by atoms with Crippen LogP contribution in [-0.2, 0) is 17.6 Å². The van der Waals surface area contributed by atoms with Crippen LogP contribution in [0.4, 0.5) is 15.3 Å². The molecule has 134 valence electrons. The summed E-state index contributed by atoms with van der Waals surface area (Å²) in [4.78, 5) is 25.5. The Kier molecular flexibility index (Phi) is 4.69. The van der Waals surface area contributed by atoms with Gasteiger partial charge in [-0.1, -0.05) is 0 Å². The molecule has 1 aliphatic carbocycles. The van der Waals surface area contributed by atoms with Crippen molar-refractivity contribution in [3.8, 4) is 0 Å². The maximum absolute atomic E-state index is 13.6. The van der Waals surface area contributed by atoms with Gasteiger partial charge in [0.2, 0.25) is 5.91 Å². The Morgan fingerprint density at radius 2 is 2.27 bits per heavy atom. The van der Waals surface area contributed by atoms with Crippen LogP contribution in [-0.4, -0.2) is 32.8 Å². The number of rotatable bonds is 4. The summed E-state index contributed by atoms with van der Waals surface area (Å²) in [6.45, 7) is 0. The topological polar surface area (TPSA) is 79.8 Å². The SMILES string of the molecule is O=C(CCl)Nc1nc2c(s1)CC(Nc1ncnc3ccc(F)cc13)CC2. The van der Waals surface area contributed by atoms with Crippen molar-refractivity contribution in [1.82, 2.24) is 15.0 Å². The van der Waals surface area contributed by atoms with Gasteiger partial charge >= 0.3 is 0 Å². The Balaban J connectivity index is 1.53. The predicted molar refractivity (Wildman–Crippen MR) is 100 cm³/mol. The molecule has 1 aromatic carbocycles. The molecule has 3 aromatic rings. The third-order valence-corrected chi connectivity index (χ3v) is 5.52. The van der Waals surface area contributed by atoms with Crippen molar-refractivity contribution >= 4 is 50.7 Å². The van der Waals surface area contributed by atoms with Gasteiger partial charge in [-0.25, -0.2) is 19.3 Å². The van der Waals surface area contributed by atoms with Crippen LogP contribution in [0.2, 0.25) is 0 Å². The summed E-state index contributed by atoms with van der Waals surface area (Å²) in [5, 5.41) is 7.35. The number of benzene rings is 1. The smallest absolute Gasteiger partial charge is 0.241 e. The average Bonchev–Trinajstić information content (AvgIpc) is 3.03. The molecule has 0 spiro atoms. The van der Waals surface area contributed by atoms with Gasteiger partial charge in [0.1, 0.15) is 23.8 Å². The first kappa shape index (κ1) is 17.1. The lowest BCUT2D eigenvalue weighted by atomic mass is 9.97. The molecular formula is C17H15ClFN5OS. The zero-order valence-electron chi connectivity index (χ0n) is 13.6. The van der Waals surface area contributed by atoms with Crippen molar-refractivity contribution < 1.29 is 9.18 Å². The van der Waals surface area contributed by atoms with Crippen LogP contribution >= 0.6 is 22.9 Å². The molecule has 2 N–H and O–H groups in total. The molecule has 1 unspecified atom stereocenters. The molecule has 26 heavy (non-hydrogen) atoms. The fraction of sp³-hybridized carbons (Fsp3) is 0.294. The van der Waals surface area contributed by atoms with Crippen LogP contribution in [0.3, 0.4) is 0 Å². The number of carbonyl (C=O) groups is 1. The van der Waals surface area contributed by atoms with Crippen LogP contribution in [0, 0.1) is 5.82 Å². The first-order chi connectivity index (χ1) is 12.6. The minimum Gasteiger partial charge on any atom is -0.366 e. The number of aryl methyl sites for hydroxylation is 1. The first-order valence-corrected chi connectivity index (χ1v) is 9.48. The summed E-state index contributed by atoms with van der Waals surface area (Å²) < 4.78 is 13.6. The van der Waals surface area contributed by atoms with Gasteiger partial charge in [-0.2, -0.15) is 0 Å². The van der Waals surface area contributed by atoms with Gasteiger partial charge < -0.3 is 10.6 Å². The highest BCUT2D eigenvalue weighted by molar-refractivity contribution is 7.15. The molecule has 2 aromatic heterocycles. The van der Waals surface area contributed by atoms with Crippen molar-refractivity contribution in [2.24, 2.45) is 0 Å². The number of carbonyl (C=O) groups excluding carboxylic acids is 1. The normalized spacial score (nSPS) is 16.3. The van der Waals surface area contributed by atoms with E-state index in [9.17, 15) is 9.18 Å². The average molecular weight is 392 g/mol. The minimum absolute atomic E-state index is 0.0915. The standard InChI is InChI=1S/C17H15ClFN5OS/c18-7-15(25)24-17-23-13-4-2-10(6-14(13)26-17)22-16-11-5-9(19)1-3-12(11)20-8-21-16/h1,3,5,8,10H,2,4,6-7H2,(H,20,21,22)(H,23,24,25). The summed E-state index contributed by atoms with van der Waals surface area (Å²) >= 11 is 6.98. The number of nitrogens with zero attached hydrogens (tertiary/aromatic N) is 3. The minimum atomic E-state index is -0.316. The zero-order chi connectivity index (χ0) is 18.1. The van der Waals surface area contributed by atoms with E-state index < -0.39 is 0 Å². The lowest BCUT2D eigenvalue weighted by Gasteiger charge is -2.23. The third kappa shape index (κ3) is 3.47. The summed E-state index contributed by atoms with van der Waals surface area (Å²) in [5.41, 5.74) is 1.71. The second kappa shape index (κ2) is 7.13. The highest BCUT2D eigenvalue weighted by atomic mass is 35.5. The molecule has 0 fully saturated rings. The summed E-state index contributed by atoms with van der Waals surface area (Å²) in [6.07, 6.45) is 3.92. The number of fused-ring (bicyclic) bond motifs is 2. The van der Waals surface area contributed by atoms with Crippen molar-refractivity contribution in [1.29, 1.82) is 0 Å². The number of anilines is 2. The number of hydrogen-bond donors (Lipinski definition) is 2. The van der Waals surface area contributed by atoms with Crippen molar-refractivity contribution in [2.75, 3.05) is 16.5 Å². The monoisotopic (exact) mass is 391 g/mol. The Labute approximate surface area is 157 Å². The van der Waals surface area contributed by atoms with E-state index in [1.807, 2.05) is 0 Å². The number of aromatic nitrogens is 3. The summed E-state index contributed by atoms with van der Waals surface area (Å²) in [5.74, 6) is -0.0420. The van der Waals surface area contributed by atoms with E-state index in [2.05, 4.69) is 25.6 Å². The molecule has 1 atom stereocenters. The molecule has 1 aliphatic rings. The Hall–Kier alpha value is -2.32. The number of hydrogen-bond acceptors (Lipinski definition) is 6. The van der Waals surface area contributed by atoms with Crippen LogP contribution < -0.4 is 10.6 Å². The summed E-state index contributed by atoms with van der Waals surface area (Å²) in [6, 6.07) is 4.63. The number of alkyl halides is 1. The van der Waals surface area contributed by atoms with Crippen LogP contribution in [0.1, 0.15) is 17.0 Å². The first-order valence-electron chi connectivity index (χ1n) is 8.13. The van der Waals surface area contributed by atoms with E-state index in [0.717, 1.165) is 29.8 Å².